The molecule has 1 fully saturated rings. The SMILES string of the molecule is CC1CCC(C(O)c2cnccc2N)C1. The molecule has 1 aliphatic rings. The maximum absolute atomic E-state index is 10.2. The Kier molecular flexibility index (Phi) is 2.91. The smallest absolute Gasteiger partial charge is 0.0853 e. The van der Waals surface area contributed by atoms with Gasteiger partial charge in [0.05, 0.1) is 6.10 Å². The molecule has 82 valence electrons. The Hall–Kier alpha value is -1.09. The largest absolute Gasteiger partial charge is 0.398 e. The molecule has 3 heteroatoms. The summed E-state index contributed by atoms with van der Waals surface area (Å²) in [5.74, 6) is 1.08. The first-order valence-corrected chi connectivity index (χ1v) is 5.56. The standard InChI is InChI=1S/C12H18N2O/c1-8-2-3-9(6-8)12(15)10-7-14-5-4-11(10)13/h4-5,7-9,12,15H,2-3,6H2,1H3,(H2,13,14). The first-order chi connectivity index (χ1) is 7.18. The van der Waals surface area contributed by atoms with Crippen LogP contribution in [0.2, 0.25) is 0 Å². The van der Waals surface area contributed by atoms with Crippen molar-refractivity contribution in [3.05, 3.63) is 24.0 Å². The van der Waals surface area contributed by atoms with Gasteiger partial charge in [-0.25, -0.2) is 0 Å². The summed E-state index contributed by atoms with van der Waals surface area (Å²) in [6.45, 7) is 2.24. The van der Waals surface area contributed by atoms with Crippen molar-refractivity contribution < 1.29 is 5.11 Å². The minimum absolute atomic E-state index is 0.353. The average molecular weight is 206 g/mol. The molecular weight excluding hydrogens is 188 g/mol. The first-order valence-electron chi connectivity index (χ1n) is 5.56. The van der Waals surface area contributed by atoms with Crippen LogP contribution in [0.1, 0.15) is 37.9 Å². The Labute approximate surface area is 90.3 Å². The fourth-order valence-corrected chi connectivity index (χ4v) is 2.46. The van der Waals surface area contributed by atoms with Crippen LogP contribution in [0, 0.1) is 11.8 Å². The Morgan fingerprint density at radius 3 is 2.93 bits per heavy atom. The van der Waals surface area contributed by atoms with Gasteiger partial charge in [-0.1, -0.05) is 13.3 Å². The molecule has 3 unspecified atom stereocenters. The summed E-state index contributed by atoms with van der Waals surface area (Å²) < 4.78 is 0. The minimum Gasteiger partial charge on any atom is -0.398 e. The van der Waals surface area contributed by atoms with E-state index in [1.54, 1.807) is 18.5 Å². The highest BCUT2D eigenvalue weighted by Crippen LogP contribution is 2.39. The second kappa shape index (κ2) is 4.19. The summed E-state index contributed by atoms with van der Waals surface area (Å²) in [5.41, 5.74) is 7.26. The van der Waals surface area contributed by atoms with Crippen LogP contribution in [0.4, 0.5) is 5.69 Å². The summed E-state index contributed by atoms with van der Waals surface area (Å²) in [5, 5.41) is 10.2. The van der Waals surface area contributed by atoms with Crippen LogP contribution in [-0.4, -0.2) is 10.1 Å². The highest BCUT2D eigenvalue weighted by Gasteiger charge is 2.29. The van der Waals surface area contributed by atoms with Crippen molar-refractivity contribution in [2.75, 3.05) is 5.73 Å². The second-order valence-electron chi connectivity index (χ2n) is 4.63. The van der Waals surface area contributed by atoms with E-state index in [9.17, 15) is 5.11 Å². The van der Waals surface area contributed by atoms with Crippen LogP contribution in [0.25, 0.3) is 0 Å². The number of anilines is 1. The predicted molar refractivity (Wildman–Crippen MR) is 60.1 cm³/mol. The van der Waals surface area contributed by atoms with E-state index in [2.05, 4.69) is 11.9 Å². The third kappa shape index (κ3) is 2.12. The van der Waals surface area contributed by atoms with E-state index in [-0.39, 0.29) is 0 Å². The molecule has 1 aliphatic carbocycles. The average Bonchev–Trinajstić information content (AvgIpc) is 2.65. The third-order valence-electron chi connectivity index (χ3n) is 3.39. The van der Waals surface area contributed by atoms with Crippen LogP contribution in [-0.2, 0) is 0 Å². The van der Waals surface area contributed by atoms with Gasteiger partial charge < -0.3 is 10.8 Å². The van der Waals surface area contributed by atoms with Crippen LogP contribution >= 0.6 is 0 Å². The van der Waals surface area contributed by atoms with Gasteiger partial charge in [0, 0.05) is 23.6 Å². The van der Waals surface area contributed by atoms with E-state index in [1.165, 1.54) is 6.42 Å². The van der Waals surface area contributed by atoms with E-state index in [0.717, 1.165) is 24.3 Å². The monoisotopic (exact) mass is 206 g/mol. The number of aliphatic hydroxyl groups excluding tert-OH is 1. The van der Waals surface area contributed by atoms with E-state index in [4.69, 9.17) is 5.73 Å². The maximum atomic E-state index is 10.2. The van der Waals surface area contributed by atoms with Crippen LogP contribution in [0.3, 0.4) is 0 Å². The second-order valence-corrected chi connectivity index (χ2v) is 4.63. The number of aliphatic hydroxyl groups is 1. The molecular formula is C12H18N2O. The molecule has 0 aliphatic heterocycles. The number of aromatic nitrogens is 1. The summed E-state index contributed by atoms with van der Waals surface area (Å²) in [6.07, 6.45) is 6.29. The number of nitrogens with two attached hydrogens (primary N) is 1. The number of rotatable bonds is 2. The lowest BCUT2D eigenvalue weighted by atomic mass is 9.94. The molecule has 3 N–H and O–H groups in total. The number of nitrogen functional groups attached to an aromatic ring is 1. The van der Waals surface area contributed by atoms with E-state index in [1.807, 2.05) is 0 Å². The van der Waals surface area contributed by atoms with Crippen molar-refractivity contribution in [3.63, 3.8) is 0 Å². The summed E-state index contributed by atoms with van der Waals surface area (Å²) in [7, 11) is 0. The van der Waals surface area contributed by atoms with Gasteiger partial charge >= 0.3 is 0 Å². The quantitative estimate of drug-likeness (QED) is 0.779. The number of nitrogens with zero attached hydrogens (tertiary/aromatic N) is 1. The lowest BCUT2D eigenvalue weighted by Crippen LogP contribution is -2.11. The first kappa shape index (κ1) is 10.4. The summed E-state index contributed by atoms with van der Waals surface area (Å²) in [4.78, 5) is 4.02. The molecule has 0 amide bonds. The molecule has 3 nitrogen and oxygen atoms in total. The molecule has 0 aromatic carbocycles. The van der Waals surface area contributed by atoms with Crippen LogP contribution in [0.5, 0.6) is 0 Å². The van der Waals surface area contributed by atoms with Gasteiger partial charge in [0.1, 0.15) is 0 Å². The highest BCUT2D eigenvalue weighted by atomic mass is 16.3. The topological polar surface area (TPSA) is 59.1 Å². The number of hydrogen-bond acceptors (Lipinski definition) is 3. The number of hydrogen-bond donors (Lipinski definition) is 2. The van der Waals surface area contributed by atoms with Crippen molar-refractivity contribution >= 4 is 5.69 Å². The number of pyridine rings is 1. The zero-order chi connectivity index (χ0) is 10.8. The van der Waals surface area contributed by atoms with Crippen LogP contribution in [0.15, 0.2) is 18.5 Å². The molecule has 0 bridgehead atoms. The van der Waals surface area contributed by atoms with Gasteiger partial charge in [0.25, 0.3) is 0 Å². The van der Waals surface area contributed by atoms with Crippen LogP contribution < -0.4 is 5.73 Å². The fraction of sp³-hybridized carbons (Fsp3) is 0.583. The molecule has 1 saturated carbocycles. The lowest BCUT2D eigenvalue weighted by molar-refractivity contribution is 0.110. The van der Waals surface area contributed by atoms with Gasteiger partial charge in [-0.2, -0.15) is 0 Å². The van der Waals surface area contributed by atoms with Gasteiger partial charge in [0.2, 0.25) is 0 Å². The Morgan fingerprint density at radius 2 is 2.33 bits per heavy atom. The lowest BCUT2D eigenvalue weighted by Gasteiger charge is -2.19. The van der Waals surface area contributed by atoms with Crippen molar-refractivity contribution in [3.8, 4) is 0 Å². The van der Waals surface area contributed by atoms with Crippen molar-refractivity contribution in [1.29, 1.82) is 0 Å². The zero-order valence-electron chi connectivity index (χ0n) is 9.06. The maximum Gasteiger partial charge on any atom is 0.0853 e. The van der Waals surface area contributed by atoms with Gasteiger partial charge in [-0.15, -0.1) is 0 Å². The Balaban J connectivity index is 2.14. The van der Waals surface area contributed by atoms with Gasteiger partial charge in [0.15, 0.2) is 0 Å². The van der Waals surface area contributed by atoms with E-state index in [0.29, 0.717) is 11.6 Å². The summed E-state index contributed by atoms with van der Waals surface area (Å²) in [6, 6.07) is 1.75. The molecule has 1 heterocycles. The summed E-state index contributed by atoms with van der Waals surface area (Å²) >= 11 is 0. The van der Waals surface area contributed by atoms with Crippen molar-refractivity contribution in [1.82, 2.24) is 4.98 Å². The van der Waals surface area contributed by atoms with E-state index < -0.39 is 6.10 Å². The highest BCUT2D eigenvalue weighted by molar-refractivity contribution is 5.45. The Bertz CT molecular complexity index is 340. The predicted octanol–water partition coefficient (Wildman–Crippen LogP) is 2.13. The molecule has 0 spiro atoms. The van der Waals surface area contributed by atoms with Crippen molar-refractivity contribution in [2.24, 2.45) is 11.8 Å². The molecule has 1 aromatic rings. The van der Waals surface area contributed by atoms with Crippen molar-refractivity contribution in [2.45, 2.75) is 32.3 Å². The fourth-order valence-electron chi connectivity index (χ4n) is 2.46. The van der Waals surface area contributed by atoms with E-state index >= 15 is 0 Å². The normalized spacial score (nSPS) is 27.9. The van der Waals surface area contributed by atoms with Gasteiger partial charge in [-0.05, 0) is 30.7 Å². The molecule has 0 saturated heterocycles. The zero-order valence-corrected chi connectivity index (χ0v) is 9.06. The molecule has 2 rings (SSSR count). The Morgan fingerprint density at radius 1 is 1.53 bits per heavy atom. The third-order valence-corrected chi connectivity index (χ3v) is 3.39. The van der Waals surface area contributed by atoms with Gasteiger partial charge in [-0.3, -0.25) is 4.98 Å². The molecule has 1 aromatic heterocycles. The molecule has 0 radical (unpaired) electrons. The molecule has 3 atom stereocenters. The molecule has 15 heavy (non-hydrogen) atoms. The minimum atomic E-state index is -0.441.